The molecule has 1 saturated carbocycles. The fourth-order valence-electron chi connectivity index (χ4n) is 4.01. The summed E-state index contributed by atoms with van der Waals surface area (Å²) < 4.78 is 76.6. The minimum atomic E-state index is -4.71. The number of ether oxygens (including phenoxy) is 2. The molecule has 1 N–H and O–H groups in total. The molecule has 0 aliphatic heterocycles. The van der Waals surface area contributed by atoms with E-state index in [-0.39, 0.29) is 23.4 Å². The van der Waals surface area contributed by atoms with E-state index in [1.54, 1.807) is 29.8 Å². The molecular formula is C21H21F5N4O2. The minimum absolute atomic E-state index is 0.0156. The van der Waals surface area contributed by atoms with Crippen molar-refractivity contribution < 1.29 is 31.4 Å². The molecule has 2 atom stereocenters. The zero-order valence-electron chi connectivity index (χ0n) is 17.1. The molecular weight excluding hydrogens is 435 g/mol. The summed E-state index contributed by atoms with van der Waals surface area (Å²) in [5.74, 6) is -0.179. The number of nitrogens with one attached hydrogen (secondary N) is 1. The molecule has 2 aromatic heterocycles. The van der Waals surface area contributed by atoms with Crippen molar-refractivity contribution in [1.82, 2.24) is 14.6 Å². The molecule has 4 rings (SSSR count). The summed E-state index contributed by atoms with van der Waals surface area (Å²) in [7, 11) is 1.68. The summed E-state index contributed by atoms with van der Waals surface area (Å²) in [5.41, 5.74) is -0.499. The third-order valence-electron chi connectivity index (χ3n) is 5.54. The first-order valence-electron chi connectivity index (χ1n) is 10.1. The van der Waals surface area contributed by atoms with Gasteiger partial charge in [0.2, 0.25) is 5.95 Å². The van der Waals surface area contributed by atoms with Crippen LogP contribution in [0.2, 0.25) is 0 Å². The molecule has 32 heavy (non-hydrogen) atoms. The van der Waals surface area contributed by atoms with Gasteiger partial charge in [-0.1, -0.05) is 0 Å². The molecule has 1 fully saturated rings. The van der Waals surface area contributed by atoms with E-state index in [1.165, 1.54) is 0 Å². The first kappa shape index (κ1) is 22.3. The van der Waals surface area contributed by atoms with Gasteiger partial charge in [0.25, 0.3) is 0 Å². The first-order valence-corrected chi connectivity index (χ1v) is 10.1. The Labute approximate surface area is 180 Å². The average Bonchev–Trinajstić information content (AvgIpc) is 3.24. The van der Waals surface area contributed by atoms with E-state index in [2.05, 4.69) is 20.3 Å². The van der Waals surface area contributed by atoms with Gasteiger partial charge >= 0.3 is 12.8 Å². The standard InChI is InChI=1S/C21H21F5N4O2/c1-31-14-5-2-4-13(11-14)27-20-29-28-18(16-6-3-9-30(16)20)15-8-7-12(21(24,25)26)10-17(15)32-19(22)23/h3,6-10,13-14,19H,2,4-5,11H2,1H3,(H,27,29)/t13-,14+/m1/s1. The van der Waals surface area contributed by atoms with E-state index >= 15 is 0 Å². The number of anilines is 1. The fourth-order valence-corrected chi connectivity index (χ4v) is 4.01. The highest BCUT2D eigenvalue weighted by atomic mass is 19.4. The van der Waals surface area contributed by atoms with Gasteiger partial charge < -0.3 is 14.8 Å². The van der Waals surface area contributed by atoms with E-state index in [0.717, 1.165) is 37.8 Å². The van der Waals surface area contributed by atoms with Crippen LogP contribution in [0.3, 0.4) is 0 Å². The quantitative estimate of drug-likeness (QED) is 0.505. The largest absolute Gasteiger partial charge is 0.434 e. The lowest BCUT2D eigenvalue weighted by atomic mass is 9.93. The summed E-state index contributed by atoms with van der Waals surface area (Å²) in [6.45, 7) is -3.30. The monoisotopic (exact) mass is 456 g/mol. The third-order valence-corrected chi connectivity index (χ3v) is 5.54. The Morgan fingerprint density at radius 3 is 2.69 bits per heavy atom. The Hall–Kier alpha value is -2.95. The second-order valence-electron chi connectivity index (χ2n) is 7.59. The molecule has 6 nitrogen and oxygen atoms in total. The summed E-state index contributed by atoms with van der Waals surface area (Å²) in [5, 5.41) is 11.7. The molecule has 2 heterocycles. The summed E-state index contributed by atoms with van der Waals surface area (Å²) >= 11 is 0. The Morgan fingerprint density at radius 2 is 1.97 bits per heavy atom. The molecule has 0 unspecified atom stereocenters. The van der Waals surface area contributed by atoms with Gasteiger partial charge in [0.15, 0.2) is 0 Å². The van der Waals surface area contributed by atoms with Crippen LogP contribution in [0.15, 0.2) is 36.5 Å². The highest BCUT2D eigenvalue weighted by Crippen LogP contribution is 2.38. The van der Waals surface area contributed by atoms with Crippen LogP contribution in [0.1, 0.15) is 31.2 Å². The number of nitrogens with zero attached hydrogens (tertiary/aromatic N) is 3. The van der Waals surface area contributed by atoms with Crippen LogP contribution in [0, 0.1) is 0 Å². The van der Waals surface area contributed by atoms with Gasteiger partial charge in [-0.2, -0.15) is 22.0 Å². The van der Waals surface area contributed by atoms with Gasteiger partial charge in [-0.25, -0.2) is 0 Å². The maximum absolute atomic E-state index is 13.1. The number of aromatic nitrogens is 3. The maximum Gasteiger partial charge on any atom is 0.416 e. The van der Waals surface area contributed by atoms with Crippen molar-refractivity contribution in [3.05, 3.63) is 42.1 Å². The topological polar surface area (TPSA) is 60.7 Å². The number of hydrogen-bond donors (Lipinski definition) is 1. The average molecular weight is 456 g/mol. The second-order valence-corrected chi connectivity index (χ2v) is 7.59. The predicted octanol–water partition coefficient (Wildman–Crippen LogP) is 5.39. The Bertz CT molecular complexity index is 1090. The van der Waals surface area contributed by atoms with Gasteiger partial charge in [0, 0.05) is 24.9 Å². The van der Waals surface area contributed by atoms with Gasteiger partial charge in [-0.15, -0.1) is 10.2 Å². The number of hydrogen-bond acceptors (Lipinski definition) is 5. The molecule has 3 aromatic rings. The Morgan fingerprint density at radius 1 is 1.16 bits per heavy atom. The maximum atomic E-state index is 13.1. The molecule has 11 heteroatoms. The van der Waals surface area contributed by atoms with Crippen molar-refractivity contribution in [3.63, 3.8) is 0 Å². The zero-order valence-corrected chi connectivity index (χ0v) is 17.1. The smallest absolute Gasteiger partial charge is 0.416 e. The van der Waals surface area contributed by atoms with Crippen LogP contribution in [0.4, 0.5) is 27.9 Å². The van der Waals surface area contributed by atoms with Gasteiger partial charge in [0.1, 0.15) is 11.4 Å². The van der Waals surface area contributed by atoms with E-state index < -0.39 is 24.1 Å². The van der Waals surface area contributed by atoms with Crippen LogP contribution in [-0.2, 0) is 10.9 Å². The molecule has 0 bridgehead atoms. The van der Waals surface area contributed by atoms with E-state index in [9.17, 15) is 22.0 Å². The number of halogens is 5. The minimum Gasteiger partial charge on any atom is -0.434 e. The summed E-state index contributed by atoms with van der Waals surface area (Å²) in [6, 6.07) is 5.91. The molecule has 1 aromatic carbocycles. The predicted molar refractivity (Wildman–Crippen MR) is 107 cm³/mol. The lowest BCUT2D eigenvalue weighted by Gasteiger charge is -2.29. The molecule has 1 aliphatic rings. The van der Waals surface area contributed by atoms with Crippen LogP contribution >= 0.6 is 0 Å². The van der Waals surface area contributed by atoms with Crippen LogP contribution in [-0.4, -0.2) is 40.5 Å². The Balaban J connectivity index is 1.72. The summed E-state index contributed by atoms with van der Waals surface area (Å²) in [4.78, 5) is 0. The van der Waals surface area contributed by atoms with Crippen LogP contribution in [0.25, 0.3) is 16.8 Å². The van der Waals surface area contributed by atoms with E-state index in [4.69, 9.17) is 4.74 Å². The molecule has 172 valence electrons. The first-order chi connectivity index (χ1) is 15.3. The van der Waals surface area contributed by atoms with E-state index in [0.29, 0.717) is 17.5 Å². The van der Waals surface area contributed by atoms with Gasteiger partial charge in [-0.05, 0) is 56.0 Å². The molecule has 0 radical (unpaired) electrons. The van der Waals surface area contributed by atoms with Crippen LogP contribution < -0.4 is 10.1 Å². The molecule has 0 spiro atoms. The number of fused-ring (bicyclic) bond motifs is 1. The number of benzene rings is 1. The normalized spacial score (nSPS) is 19.5. The van der Waals surface area contributed by atoms with E-state index in [1.807, 2.05) is 0 Å². The van der Waals surface area contributed by atoms with Gasteiger partial charge in [-0.3, -0.25) is 4.40 Å². The highest BCUT2D eigenvalue weighted by Gasteiger charge is 2.32. The zero-order chi connectivity index (χ0) is 22.9. The lowest BCUT2D eigenvalue weighted by molar-refractivity contribution is -0.138. The lowest BCUT2D eigenvalue weighted by Crippen LogP contribution is -2.32. The molecule has 0 saturated heterocycles. The number of methoxy groups -OCH3 is 1. The third kappa shape index (κ3) is 4.62. The SMILES string of the molecule is CO[C@H]1CCC[C@@H](Nc2nnc(-c3ccc(C(F)(F)F)cc3OC(F)F)c3cccn23)C1. The highest BCUT2D eigenvalue weighted by molar-refractivity contribution is 5.81. The van der Waals surface area contributed by atoms with Crippen molar-refractivity contribution >= 4 is 11.5 Å². The van der Waals surface area contributed by atoms with Crippen LogP contribution in [0.5, 0.6) is 5.75 Å². The number of alkyl halides is 5. The fraction of sp³-hybridized carbons (Fsp3) is 0.429. The van der Waals surface area contributed by atoms with Crippen molar-refractivity contribution in [2.75, 3.05) is 12.4 Å². The summed E-state index contributed by atoms with van der Waals surface area (Å²) in [6.07, 6.45) is 0.864. The van der Waals surface area contributed by atoms with Crippen molar-refractivity contribution in [1.29, 1.82) is 0 Å². The number of rotatable bonds is 6. The second kappa shape index (κ2) is 8.89. The van der Waals surface area contributed by atoms with Crippen molar-refractivity contribution in [3.8, 4) is 17.0 Å². The molecule has 0 amide bonds. The van der Waals surface area contributed by atoms with Gasteiger partial charge in [0.05, 0.1) is 17.2 Å². The van der Waals surface area contributed by atoms with Crippen molar-refractivity contribution in [2.45, 2.75) is 50.6 Å². The van der Waals surface area contributed by atoms with Crippen molar-refractivity contribution in [2.24, 2.45) is 0 Å². The molecule has 1 aliphatic carbocycles. The Kier molecular flexibility index (Phi) is 6.18.